The number of amides is 1. The van der Waals surface area contributed by atoms with Gasteiger partial charge in [0, 0.05) is 18.5 Å². The minimum atomic E-state index is -0.827. The Morgan fingerprint density at radius 1 is 1.33 bits per heavy atom. The van der Waals surface area contributed by atoms with Gasteiger partial charge >= 0.3 is 0 Å². The molecule has 1 amide bonds. The summed E-state index contributed by atoms with van der Waals surface area (Å²) in [5.74, 6) is 0.0506. The highest BCUT2D eigenvalue weighted by atomic mass is 16.5. The number of nitrogens with one attached hydrogen (secondary N) is 1. The minimum absolute atomic E-state index is 0.168. The Morgan fingerprint density at radius 3 is 2.76 bits per heavy atom. The highest BCUT2D eigenvalue weighted by Gasteiger charge is 2.34. The van der Waals surface area contributed by atoms with Crippen LogP contribution in [0.1, 0.15) is 23.2 Å². The SMILES string of the molecule is COc1ccc(C(=O)C2CCCNC(=O)C2N)c(OC)c1. The summed E-state index contributed by atoms with van der Waals surface area (Å²) in [7, 11) is 3.03. The number of hydrogen-bond donors (Lipinski definition) is 2. The molecule has 0 aliphatic carbocycles. The average Bonchev–Trinajstić information content (AvgIpc) is 2.68. The number of nitrogens with two attached hydrogens (primary N) is 1. The quantitative estimate of drug-likeness (QED) is 0.799. The lowest BCUT2D eigenvalue weighted by atomic mass is 9.87. The fourth-order valence-electron chi connectivity index (χ4n) is 2.51. The van der Waals surface area contributed by atoms with Gasteiger partial charge in [-0.2, -0.15) is 0 Å². The molecule has 1 saturated heterocycles. The third kappa shape index (κ3) is 3.16. The third-order valence-electron chi connectivity index (χ3n) is 3.74. The van der Waals surface area contributed by atoms with Crippen molar-refractivity contribution < 1.29 is 19.1 Å². The van der Waals surface area contributed by atoms with Crippen LogP contribution < -0.4 is 20.5 Å². The monoisotopic (exact) mass is 292 g/mol. The van der Waals surface area contributed by atoms with Crippen LogP contribution in [0.2, 0.25) is 0 Å². The lowest BCUT2D eigenvalue weighted by Gasteiger charge is -2.20. The summed E-state index contributed by atoms with van der Waals surface area (Å²) in [6, 6.07) is 4.16. The van der Waals surface area contributed by atoms with Crippen molar-refractivity contribution in [2.75, 3.05) is 20.8 Å². The fraction of sp³-hybridized carbons (Fsp3) is 0.467. The molecule has 1 aliphatic rings. The zero-order valence-corrected chi connectivity index (χ0v) is 12.2. The van der Waals surface area contributed by atoms with Crippen molar-refractivity contribution in [3.05, 3.63) is 23.8 Å². The maximum atomic E-state index is 12.7. The Hall–Kier alpha value is -2.08. The van der Waals surface area contributed by atoms with Gasteiger partial charge in [-0.1, -0.05) is 0 Å². The van der Waals surface area contributed by atoms with Gasteiger partial charge in [0.1, 0.15) is 11.5 Å². The van der Waals surface area contributed by atoms with Crippen LogP contribution >= 0.6 is 0 Å². The van der Waals surface area contributed by atoms with Crippen LogP contribution in [-0.4, -0.2) is 38.5 Å². The third-order valence-corrected chi connectivity index (χ3v) is 3.74. The molecule has 2 rings (SSSR count). The average molecular weight is 292 g/mol. The van der Waals surface area contributed by atoms with E-state index in [0.717, 1.165) is 6.42 Å². The van der Waals surface area contributed by atoms with Crippen molar-refractivity contribution in [3.8, 4) is 11.5 Å². The fourth-order valence-corrected chi connectivity index (χ4v) is 2.51. The maximum absolute atomic E-state index is 12.7. The molecule has 1 aromatic carbocycles. The van der Waals surface area contributed by atoms with Gasteiger partial charge in [-0.05, 0) is 25.0 Å². The van der Waals surface area contributed by atoms with E-state index in [4.69, 9.17) is 15.2 Å². The molecule has 0 bridgehead atoms. The number of carbonyl (C=O) groups excluding carboxylic acids is 2. The first-order valence-electron chi connectivity index (χ1n) is 6.88. The Labute approximate surface area is 123 Å². The number of methoxy groups -OCH3 is 2. The number of Topliss-reactive ketones (excluding diaryl/α,β-unsaturated/α-hetero) is 1. The van der Waals surface area contributed by atoms with Crippen molar-refractivity contribution in [1.29, 1.82) is 0 Å². The molecular formula is C15H20N2O4. The number of rotatable bonds is 4. The van der Waals surface area contributed by atoms with E-state index in [2.05, 4.69) is 5.32 Å². The summed E-state index contributed by atoms with van der Waals surface area (Å²) in [6.45, 7) is 0.552. The number of ether oxygens (including phenoxy) is 2. The van der Waals surface area contributed by atoms with Gasteiger partial charge in [0.2, 0.25) is 5.91 Å². The van der Waals surface area contributed by atoms with Gasteiger partial charge in [-0.25, -0.2) is 0 Å². The minimum Gasteiger partial charge on any atom is -0.497 e. The predicted octanol–water partition coefficient (Wildman–Crippen LogP) is 0.740. The highest BCUT2D eigenvalue weighted by molar-refractivity contribution is 6.03. The molecule has 6 nitrogen and oxygen atoms in total. The molecule has 1 heterocycles. The van der Waals surface area contributed by atoms with Crippen LogP contribution in [-0.2, 0) is 4.79 Å². The normalized spacial score (nSPS) is 22.1. The summed E-state index contributed by atoms with van der Waals surface area (Å²) in [5.41, 5.74) is 6.33. The van der Waals surface area contributed by atoms with Gasteiger partial charge in [0.25, 0.3) is 0 Å². The molecular weight excluding hydrogens is 272 g/mol. The van der Waals surface area contributed by atoms with Crippen LogP contribution in [0.5, 0.6) is 11.5 Å². The van der Waals surface area contributed by atoms with Crippen LogP contribution in [0.25, 0.3) is 0 Å². The second-order valence-corrected chi connectivity index (χ2v) is 5.00. The molecule has 2 unspecified atom stereocenters. The number of ketones is 1. The summed E-state index contributed by atoms with van der Waals surface area (Å²) >= 11 is 0. The van der Waals surface area contributed by atoms with Crippen molar-refractivity contribution in [2.24, 2.45) is 11.7 Å². The van der Waals surface area contributed by atoms with Gasteiger partial charge in [0.15, 0.2) is 5.78 Å². The van der Waals surface area contributed by atoms with Crippen molar-refractivity contribution in [1.82, 2.24) is 5.32 Å². The molecule has 6 heteroatoms. The maximum Gasteiger partial charge on any atom is 0.237 e. The second kappa shape index (κ2) is 6.58. The van der Waals surface area contributed by atoms with Gasteiger partial charge in [0.05, 0.1) is 25.8 Å². The molecule has 3 N–H and O–H groups in total. The molecule has 21 heavy (non-hydrogen) atoms. The van der Waals surface area contributed by atoms with Crippen LogP contribution in [0.4, 0.5) is 0 Å². The zero-order chi connectivity index (χ0) is 15.4. The van der Waals surface area contributed by atoms with E-state index in [1.807, 2.05) is 0 Å². The lowest BCUT2D eigenvalue weighted by molar-refractivity contribution is -0.122. The van der Waals surface area contributed by atoms with E-state index in [-0.39, 0.29) is 11.7 Å². The first-order valence-corrected chi connectivity index (χ1v) is 6.88. The molecule has 114 valence electrons. The van der Waals surface area contributed by atoms with Gasteiger partial charge in [-0.15, -0.1) is 0 Å². The van der Waals surface area contributed by atoms with E-state index in [1.165, 1.54) is 7.11 Å². The van der Waals surface area contributed by atoms with E-state index in [9.17, 15) is 9.59 Å². The van der Waals surface area contributed by atoms with E-state index in [0.29, 0.717) is 30.0 Å². The molecule has 2 atom stereocenters. The van der Waals surface area contributed by atoms with E-state index < -0.39 is 12.0 Å². The van der Waals surface area contributed by atoms with E-state index >= 15 is 0 Å². The Bertz CT molecular complexity index is 544. The van der Waals surface area contributed by atoms with Gasteiger partial charge < -0.3 is 20.5 Å². The Balaban J connectivity index is 2.32. The number of carbonyl (C=O) groups is 2. The molecule has 0 radical (unpaired) electrons. The topological polar surface area (TPSA) is 90.7 Å². The smallest absolute Gasteiger partial charge is 0.237 e. The Kier molecular flexibility index (Phi) is 4.80. The number of benzene rings is 1. The summed E-state index contributed by atoms with van der Waals surface area (Å²) in [6.07, 6.45) is 1.31. The summed E-state index contributed by atoms with van der Waals surface area (Å²) < 4.78 is 10.4. The summed E-state index contributed by atoms with van der Waals surface area (Å²) in [4.78, 5) is 24.5. The van der Waals surface area contributed by atoms with E-state index in [1.54, 1.807) is 25.3 Å². The zero-order valence-electron chi connectivity index (χ0n) is 12.2. The van der Waals surface area contributed by atoms with Gasteiger partial charge in [-0.3, -0.25) is 9.59 Å². The standard InChI is InChI=1S/C15H20N2O4/c1-20-9-5-6-10(12(8-9)21-2)14(18)11-4-3-7-17-15(19)13(11)16/h5-6,8,11,13H,3-4,7,16H2,1-2H3,(H,17,19). The summed E-state index contributed by atoms with van der Waals surface area (Å²) in [5, 5.41) is 2.71. The molecule has 1 aromatic rings. The molecule has 0 aromatic heterocycles. The van der Waals surface area contributed by atoms with Crippen LogP contribution in [0.3, 0.4) is 0 Å². The molecule has 1 aliphatic heterocycles. The lowest BCUT2D eigenvalue weighted by Crippen LogP contribution is -2.45. The predicted molar refractivity (Wildman–Crippen MR) is 77.6 cm³/mol. The second-order valence-electron chi connectivity index (χ2n) is 5.00. The first kappa shape index (κ1) is 15.3. The molecule has 0 spiro atoms. The largest absolute Gasteiger partial charge is 0.497 e. The first-order chi connectivity index (χ1) is 10.1. The van der Waals surface area contributed by atoms with Crippen molar-refractivity contribution in [2.45, 2.75) is 18.9 Å². The Morgan fingerprint density at radius 2 is 2.10 bits per heavy atom. The van der Waals surface area contributed by atoms with Crippen LogP contribution in [0.15, 0.2) is 18.2 Å². The molecule has 1 fully saturated rings. The van der Waals surface area contributed by atoms with Crippen molar-refractivity contribution in [3.63, 3.8) is 0 Å². The van der Waals surface area contributed by atoms with Crippen LogP contribution in [0, 0.1) is 5.92 Å². The number of hydrogen-bond acceptors (Lipinski definition) is 5. The molecule has 0 saturated carbocycles. The highest BCUT2D eigenvalue weighted by Crippen LogP contribution is 2.29. The van der Waals surface area contributed by atoms with Crippen molar-refractivity contribution >= 4 is 11.7 Å².